The third kappa shape index (κ3) is 6.84. The summed E-state index contributed by atoms with van der Waals surface area (Å²) < 4.78 is 35.7. The molecule has 12 nitrogen and oxygen atoms in total. The van der Waals surface area contributed by atoms with Crippen LogP contribution in [0.2, 0.25) is 0 Å². The molecule has 38 heavy (non-hydrogen) atoms. The van der Waals surface area contributed by atoms with Crippen LogP contribution in [0.25, 0.3) is 16.9 Å². The van der Waals surface area contributed by atoms with Crippen LogP contribution in [0.4, 0.5) is 0 Å². The van der Waals surface area contributed by atoms with Crippen LogP contribution < -0.4 is 10.3 Å². The highest BCUT2D eigenvalue weighted by atomic mass is 35.5. The molecular formula is C23H38Cl2N6O6S. The first-order valence-corrected chi connectivity index (χ1v) is 13.2. The Morgan fingerprint density at radius 2 is 1.71 bits per heavy atom. The summed E-state index contributed by atoms with van der Waals surface area (Å²) in [6, 6.07) is 4.72. The normalized spacial score (nSPS) is 14.1. The highest BCUT2D eigenvalue weighted by molar-refractivity contribution is 7.89. The second-order valence-corrected chi connectivity index (χ2v) is 10.3. The van der Waals surface area contributed by atoms with Crippen LogP contribution in [0.5, 0.6) is 5.75 Å². The van der Waals surface area contributed by atoms with Gasteiger partial charge in [-0.2, -0.15) is 4.31 Å². The number of aromatic nitrogens is 4. The Balaban J connectivity index is 0.00000342. The first kappa shape index (κ1) is 35.7. The van der Waals surface area contributed by atoms with Crippen LogP contribution >= 0.6 is 24.8 Å². The Morgan fingerprint density at radius 3 is 2.29 bits per heavy atom. The van der Waals surface area contributed by atoms with E-state index in [0.29, 0.717) is 67.6 Å². The van der Waals surface area contributed by atoms with Crippen molar-refractivity contribution in [3.8, 4) is 17.1 Å². The number of aromatic amines is 1. The SMILES string of the molecule is CCCc1nc(C)c2c(=O)[nH]c(-c3cc(S(=O)(=O)N4CCN(CC)CC4)ccc3OCC)nn12.Cl.Cl.O.O. The Hall–Kier alpha value is -2.26. The van der Waals surface area contributed by atoms with E-state index in [1.54, 1.807) is 29.6 Å². The fourth-order valence-electron chi connectivity index (χ4n) is 4.31. The van der Waals surface area contributed by atoms with Gasteiger partial charge in [0.15, 0.2) is 11.3 Å². The maximum Gasteiger partial charge on any atom is 0.277 e. The van der Waals surface area contributed by atoms with Crippen molar-refractivity contribution in [3.05, 3.63) is 40.1 Å². The molecule has 3 aromatic rings. The Labute approximate surface area is 234 Å². The van der Waals surface area contributed by atoms with E-state index >= 15 is 0 Å². The van der Waals surface area contributed by atoms with Gasteiger partial charge in [0.1, 0.15) is 11.6 Å². The number of H-pyrrole nitrogens is 1. The van der Waals surface area contributed by atoms with Crippen molar-refractivity contribution in [2.24, 2.45) is 0 Å². The maximum atomic E-state index is 13.4. The van der Waals surface area contributed by atoms with Crippen molar-refractivity contribution in [3.63, 3.8) is 0 Å². The minimum Gasteiger partial charge on any atom is -0.493 e. The van der Waals surface area contributed by atoms with E-state index in [2.05, 4.69) is 26.9 Å². The number of piperazine rings is 1. The topological polar surface area (TPSA) is 176 Å². The molecule has 0 saturated carbocycles. The van der Waals surface area contributed by atoms with Gasteiger partial charge in [0.05, 0.1) is 22.8 Å². The summed E-state index contributed by atoms with van der Waals surface area (Å²) in [5.41, 5.74) is 1.09. The highest BCUT2D eigenvalue weighted by Crippen LogP contribution is 2.31. The fraction of sp³-hybridized carbons (Fsp3) is 0.522. The number of nitrogens with one attached hydrogen (secondary N) is 1. The van der Waals surface area contributed by atoms with Crippen molar-refractivity contribution >= 4 is 40.4 Å². The van der Waals surface area contributed by atoms with Crippen molar-refractivity contribution in [1.29, 1.82) is 0 Å². The summed E-state index contributed by atoms with van der Waals surface area (Å²) in [5.74, 6) is 1.38. The summed E-state index contributed by atoms with van der Waals surface area (Å²) in [4.78, 5) is 22.6. The van der Waals surface area contributed by atoms with Crippen LogP contribution in [0.3, 0.4) is 0 Å². The molecule has 216 valence electrons. The standard InChI is InChI=1S/C23H32N6O4S.2ClH.2H2O/c1-5-8-20-24-16(4)21-23(30)25-22(26-29(20)21)18-15-17(9-10-19(18)33-7-3)34(31,32)28-13-11-27(6-2)12-14-28;;;;/h9-10,15H,5-8,11-14H2,1-4H3,(H,25,26,30);2*1H;2*1H2. The van der Waals surface area contributed by atoms with E-state index in [1.165, 1.54) is 4.31 Å². The smallest absolute Gasteiger partial charge is 0.277 e. The molecule has 1 aliphatic heterocycles. The van der Waals surface area contributed by atoms with E-state index in [9.17, 15) is 13.2 Å². The number of rotatable bonds is 8. The summed E-state index contributed by atoms with van der Waals surface area (Å²) in [7, 11) is -3.71. The molecule has 3 heterocycles. The second kappa shape index (κ2) is 14.8. The molecule has 0 atom stereocenters. The number of hydrogen-bond donors (Lipinski definition) is 1. The number of halogens is 2. The predicted molar refractivity (Wildman–Crippen MR) is 152 cm³/mol. The average Bonchev–Trinajstić information content (AvgIpc) is 3.15. The molecule has 2 aromatic heterocycles. The molecule has 0 aliphatic carbocycles. The predicted octanol–water partition coefficient (Wildman–Crippen LogP) is 1.26. The third-order valence-electron chi connectivity index (χ3n) is 6.14. The van der Waals surface area contributed by atoms with Gasteiger partial charge in [-0.3, -0.25) is 4.79 Å². The first-order chi connectivity index (χ1) is 16.3. The number of sulfonamides is 1. The molecule has 0 unspecified atom stereocenters. The molecule has 0 amide bonds. The molecule has 5 N–H and O–H groups in total. The summed E-state index contributed by atoms with van der Waals surface area (Å²) in [6.07, 6.45) is 1.52. The molecule has 0 bridgehead atoms. The van der Waals surface area contributed by atoms with Gasteiger partial charge in [0.25, 0.3) is 5.56 Å². The Kier molecular flexibility index (Phi) is 13.9. The molecule has 1 saturated heterocycles. The van der Waals surface area contributed by atoms with Crippen LogP contribution in [0, 0.1) is 6.92 Å². The van der Waals surface area contributed by atoms with Gasteiger partial charge in [-0.25, -0.2) is 17.9 Å². The maximum absolute atomic E-state index is 13.4. The number of hydrogen-bond acceptors (Lipinski definition) is 7. The van der Waals surface area contributed by atoms with Gasteiger partial charge < -0.3 is 25.6 Å². The van der Waals surface area contributed by atoms with E-state index in [0.717, 1.165) is 13.0 Å². The quantitative estimate of drug-likeness (QED) is 0.406. The molecular weight excluding hydrogens is 559 g/mol. The minimum atomic E-state index is -3.71. The summed E-state index contributed by atoms with van der Waals surface area (Å²) >= 11 is 0. The van der Waals surface area contributed by atoms with Crippen LogP contribution in [0.1, 0.15) is 38.7 Å². The number of fused-ring (bicyclic) bond motifs is 1. The van der Waals surface area contributed by atoms with Crippen molar-refractivity contribution in [1.82, 2.24) is 28.8 Å². The van der Waals surface area contributed by atoms with Gasteiger partial charge in [0.2, 0.25) is 10.0 Å². The molecule has 1 aromatic carbocycles. The number of likely N-dealkylation sites (N-methyl/N-ethyl adjacent to an activating group) is 1. The third-order valence-corrected chi connectivity index (χ3v) is 8.03. The van der Waals surface area contributed by atoms with E-state index in [4.69, 9.17) is 4.74 Å². The molecule has 0 spiro atoms. The largest absolute Gasteiger partial charge is 0.493 e. The van der Waals surface area contributed by atoms with Crippen molar-refractivity contribution in [2.75, 3.05) is 39.3 Å². The number of aryl methyl sites for hydroxylation is 2. The van der Waals surface area contributed by atoms with E-state index < -0.39 is 10.0 Å². The molecule has 1 aliphatic rings. The summed E-state index contributed by atoms with van der Waals surface area (Å²) in [5, 5.41) is 4.65. The zero-order valence-electron chi connectivity index (χ0n) is 22.0. The Bertz CT molecular complexity index is 1360. The lowest BCUT2D eigenvalue weighted by Crippen LogP contribution is -2.48. The van der Waals surface area contributed by atoms with Crippen molar-refractivity contribution < 1.29 is 24.1 Å². The van der Waals surface area contributed by atoms with Crippen LogP contribution in [-0.4, -0.2) is 87.5 Å². The van der Waals surface area contributed by atoms with Gasteiger partial charge in [-0.1, -0.05) is 13.8 Å². The zero-order valence-corrected chi connectivity index (χ0v) is 24.4. The highest BCUT2D eigenvalue weighted by Gasteiger charge is 2.29. The van der Waals surface area contributed by atoms with Gasteiger partial charge in [0, 0.05) is 32.6 Å². The molecule has 1 fully saturated rings. The zero-order chi connectivity index (χ0) is 24.5. The monoisotopic (exact) mass is 596 g/mol. The molecule has 4 rings (SSSR count). The number of nitrogens with zero attached hydrogens (tertiary/aromatic N) is 5. The number of imidazole rings is 1. The van der Waals surface area contributed by atoms with Gasteiger partial charge in [-0.15, -0.1) is 29.9 Å². The van der Waals surface area contributed by atoms with E-state index in [1.807, 2.05) is 13.8 Å². The number of ether oxygens (including phenoxy) is 1. The summed E-state index contributed by atoms with van der Waals surface area (Å²) in [6.45, 7) is 11.3. The lowest BCUT2D eigenvalue weighted by atomic mass is 10.2. The van der Waals surface area contributed by atoms with Gasteiger partial charge in [-0.05, 0) is 45.0 Å². The second-order valence-electron chi connectivity index (χ2n) is 8.36. The Morgan fingerprint density at radius 1 is 1.05 bits per heavy atom. The number of benzene rings is 1. The molecule has 15 heteroatoms. The fourth-order valence-corrected chi connectivity index (χ4v) is 5.76. The van der Waals surface area contributed by atoms with Crippen LogP contribution in [0.15, 0.2) is 27.9 Å². The lowest BCUT2D eigenvalue weighted by molar-refractivity contribution is 0.196. The van der Waals surface area contributed by atoms with Gasteiger partial charge >= 0.3 is 0 Å². The van der Waals surface area contributed by atoms with Crippen LogP contribution in [-0.2, 0) is 16.4 Å². The lowest BCUT2D eigenvalue weighted by Gasteiger charge is -2.33. The molecule has 0 radical (unpaired) electrons. The van der Waals surface area contributed by atoms with Crippen molar-refractivity contribution in [2.45, 2.75) is 45.4 Å². The first-order valence-electron chi connectivity index (χ1n) is 11.8. The van der Waals surface area contributed by atoms with E-state index in [-0.39, 0.29) is 52.0 Å². The average molecular weight is 598 g/mol. The minimum absolute atomic E-state index is 0.